The second-order valence-electron chi connectivity index (χ2n) is 6.21. The SMILES string of the molecule is CCC(Oc1ccc(F)cc1)C(=O)N(Cc1cccc(F)c1)c1ccccn1. The Bertz CT molecular complexity index is 917. The third-order valence-electron chi connectivity index (χ3n) is 4.16. The molecule has 1 amide bonds. The fourth-order valence-electron chi connectivity index (χ4n) is 2.76. The molecule has 2 aromatic carbocycles. The Labute approximate surface area is 162 Å². The van der Waals surface area contributed by atoms with Gasteiger partial charge in [0.2, 0.25) is 0 Å². The van der Waals surface area contributed by atoms with Crippen LogP contribution in [0.15, 0.2) is 72.9 Å². The Morgan fingerprint density at radius 3 is 2.46 bits per heavy atom. The molecule has 0 aliphatic rings. The molecule has 28 heavy (non-hydrogen) atoms. The highest BCUT2D eigenvalue weighted by Gasteiger charge is 2.27. The molecule has 0 N–H and O–H groups in total. The molecule has 1 aromatic heterocycles. The van der Waals surface area contributed by atoms with Gasteiger partial charge in [-0.2, -0.15) is 0 Å². The number of nitrogens with zero attached hydrogens (tertiary/aromatic N) is 2. The van der Waals surface area contributed by atoms with Crippen LogP contribution in [0.1, 0.15) is 18.9 Å². The van der Waals surface area contributed by atoms with E-state index in [-0.39, 0.29) is 24.1 Å². The molecule has 1 unspecified atom stereocenters. The smallest absolute Gasteiger partial charge is 0.269 e. The van der Waals surface area contributed by atoms with Crippen molar-refractivity contribution in [3.05, 3.63) is 90.1 Å². The molecule has 0 spiro atoms. The fourth-order valence-corrected chi connectivity index (χ4v) is 2.76. The monoisotopic (exact) mass is 382 g/mol. The number of halogens is 2. The van der Waals surface area contributed by atoms with Crippen LogP contribution >= 0.6 is 0 Å². The van der Waals surface area contributed by atoms with Crippen molar-refractivity contribution in [2.75, 3.05) is 4.90 Å². The van der Waals surface area contributed by atoms with E-state index in [0.29, 0.717) is 23.6 Å². The minimum Gasteiger partial charge on any atom is -0.481 e. The fraction of sp³-hybridized carbons (Fsp3) is 0.182. The number of ether oxygens (including phenoxy) is 1. The van der Waals surface area contributed by atoms with Gasteiger partial charge in [0.15, 0.2) is 6.10 Å². The first-order valence-corrected chi connectivity index (χ1v) is 8.96. The van der Waals surface area contributed by atoms with Gasteiger partial charge in [0.05, 0.1) is 6.54 Å². The van der Waals surface area contributed by atoms with E-state index in [1.165, 1.54) is 41.3 Å². The van der Waals surface area contributed by atoms with Crippen molar-refractivity contribution in [2.45, 2.75) is 26.0 Å². The van der Waals surface area contributed by atoms with Crippen LogP contribution in [-0.2, 0) is 11.3 Å². The first kappa shape index (κ1) is 19.5. The topological polar surface area (TPSA) is 42.4 Å². The predicted octanol–water partition coefficient (Wildman–Crippen LogP) is 4.75. The summed E-state index contributed by atoms with van der Waals surface area (Å²) >= 11 is 0. The molecule has 0 saturated heterocycles. The lowest BCUT2D eigenvalue weighted by molar-refractivity contribution is -0.125. The van der Waals surface area contributed by atoms with Crippen LogP contribution in [0.5, 0.6) is 5.75 Å². The summed E-state index contributed by atoms with van der Waals surface area (Å²) in [4.78, 5) is 19.0. The highest BCUT2D eigenvalue weighted by atomic mass is 19.1. The van der Waals surface area contributed by atoms with Crippen molar-refractivity contribution in [2.24, 2.45) is 0 Å². The van der Waals surface area contributed by atoms with Gasteiger partial charge >= 0.3 is 0 Å². The van der Waals surface area contributed by atoms with E-state index in [1.54, 1.807) is 36.5 Å². The summed E-state index contributed by atoms with van der Waals surface area (Å²) < 4.78 is 32.5. The molecule has 0 bridgehead atoms. The highest BCUT2D eigenvalue weighted by molar-refractivity contribution is 5.95. The van der Waals surface area contributed by atoms with Crippen LogP contribution in [0.4, 0.5) is 14.6 Å². The molecule has 0 fully saturated rings. The molecular weight excluding hydrogens is 362 g/mol. The van der Waals surface area contributed by atoms with Crippen LogP contribution in [0.2, 0.25) is 0 Å². The van der Waals surface area contributed by atoms with Crippen LogP contribution in [-0.4, -0.2) is 17.0 Å². The van der Waals surface area contributed by atoms with Gasteiger partial charge in [-0.15, -0.1) is 0 Å². The van der Waals surface area contributed by atoms with Gasteiger partial charge < -0.3 is 4.74 Å². The standard InChI is InChI=1S/C22H20F2N2O2/c1-2-20(28-19-11-9-17(23)10-12-19)22(27)26(21-8-3-4-13-25-21)15-16-6-5-7-18(24)14-16/h3-14,20H,2,15H2,1H3. The Hall–Kier alpha value is -3.28. The minimum atomic E-state index is -0.791. The average Bonchev–Trinajstić information content (AvgIpc) is 2.72. The quantitative estimate of drug-likeness (QED) is 0.592. The summed E-state index contributed by atoms with van der Waals surface area (Å²) in [5, 5.41) is 0. The van der Waals surface area contributed by atoms with Crippen molar-refractivity contribution in [3.63, 3.8) is 0 Å². The Balaban J connectivity index is 1.86. The van der Waals surface area contributed by atoms with Crippen molar-refractivity contribution < 1.29 is 18.3 Å². The van der Waals surface area contributed by atoms with Crippen LogP contribution in [0, 0.1) is 11.6 Å². The summed E-state index contributed by atoms with van der Waals surface area (Å²) in [7, 11) is 0. The molecule has 1 atom stereocenters. The molecule has 144 valence electrons. The van der Waals surface area contributed by atoms with Gasteiger partial charge in [0.25, 0.3) is 5.91 Å². The van der Waals surface area contributed by atoms with Gasteiger partial charge in [0, 0.05) is 6.20 Å². The van der Waals surface area contributed by atoms with Crippen LogP contribution in [0.25, 0.3) is 0 Å². The van der Waals surface area contributed by atoms with E-state index in [1.807, 2.05) is 6.92 Å². The molecule has 0 radical (unpaired) electrons. The van der Waals surface area contributed by atoms with Gasteiger partial charge in [-0.1, -0.05) is 25.1 Å². The largest absolute Gasteiger partial charge is 0.481 e. The maximum absolute atomic E-state index is 13.6. The average molecular weight is 382 g/mol. The first-order valence-electron chi connectivity index (χ1n) is 8.96. The van der Waals surface area contributed by atoms with Gasteiger partial charge in [-0.3, -0.25) is 9.69 Å². The first-order chi connectivity index (χ1) is 13.6. The molecule has 6 heteroatoms. The van der Waals surface area contributed by atoms with Crippen molar-refractivity contribution in [3.8, 4) is 5.75 Å². The van der Waals surface area contributed by atoms with Crippen LogP contribution in [0.3, 0.4) is 0 Å². The van der Waals surface area contributed by atoms with E-state index >= 15 is 0 Å². The number of hydrogen-bond donors (Lipinski definition) is 0. The lowest BCUT2D eigenvalue weighted by Crippen LogP contribution is -2.42. The number of carbonyl (C=O) groups is 1. The van der Waals surface area contributed by atoms with E-state index in [2.05, 4.69) is 4.98 Å². The maximum atomic E-state index is 13.6. The second kappa shape index (κ2) is 9.08. The zero-order valence-electron chi connectivity index (χ0n) is 15.4. The molecule has 0 aliphatic heterocycles. The number of benzene rings is 2. The predicted molar refractivity (Wildman–Crippen MR) is 103 cm³/mol. The Morgan fingerprint density at radius 2 is 1.82 bits per heavy atom. The molecule has 3 aromatic rings. The second-order valence-corrected chi connectivity index (χ2v) is 6.21. The maximum Gasteiger partial charge on any atom is 0.269 e. The van der Waals surface area contributed by atoms with E-state index in [4.69, 9.17) is 4.74 Å². The highest BCUT2D eigenvalue weighted by Crippen LogP contribution is 2.20. The lowest BCUT2D eigenvalue weighted by atomic mass is 10.1. The molecule has 1 heterocycles. The zero-order valence-corrected chi connectivity index (χ0v) is 15.4. The number of carbonyl (C=O) groups excluding carboxylic acids is 1. The number of pyridine rings is 1. The zero-order chi connectivity index (χ0) is 19.9. The molecule has 4 nitrogen and oxygen atoms in total. The van der Waals surface area contributed by atoms with E-state index < -0.39 is 6.10 Å². The van der Waals surface area contributed by atoms with Gasteiger partial charge in [-0.05, 0) is 60.5 Å². The minimum absolute atomic E-state index is 0.150. The molecular formula is C22H20F2N2O2. The number of anilines is 1. The normalized spacial score (nSPS) is 11.7. The van der Waals surface area contributed by atoms with E-state index in [0.717, 1.165) is 0 Å². The molecule has 3 rings (SSSR count). The third-order valence-corrected chi connectivity index (χ3v) is 4.16. The summed E-state index contributed by atoms with van der Waals surface area (Å²) in [6, 6.07) is 16.8. The van der Waals surface area contributed by atoms with Crippen molar-refractivity contribution in [1.29, 1.82) is 0 Å². The summed E-state index contributed by atoms with van der Waals surface area (Å²) in [5.74, 6) is -0.227. The Morgan fingerprint density at radius 1 is 1.04 bits per heavy atom. The van der Waals surface area contributed by atoms with Gasteiger partial charge in [-0.25, -0.2) is 13.8 Å². The summed E-state index contributed by atoms with van der Waals surface area (Å²) in [6.07, 6.45) is 1.20. The number of aromatic nitrogens is 1. The van der Waals surface area contributed by atoms with Crippen molar-refractivity contribution >= 4 is 11.7 Å². The van der Waals surface area contributed by atoms with Gasteiger partial charge in [0.1, 0.15) is 23.2 Å². The number of rotatable bonds is 7. The summed E-state index contributed by atoms with van der Waals surface area (Å²) in [6.45, 7) is 1.97. The molecule has 0 aliphatic carbocycles. The van der Waals surface area contributed by atoms with Crippen molar-refractivity contribution in [1.82, 2.24) is 4.98 Å². The Kier molecular flexibility index (Phi) is 6.32. The third kappa shape index (κ3) is 4.91. The van der Waals surface area contributed by atoms with E-state index in [9.17, 15) is 13.6 Å². The summed E-state index contributed by atoms with van der Waals surface area (Å²) in [5.41, 5.74) is 0.635. The molecule has 0 saturated carbocycles. The van der Waals surface area contributed by atoms with Crippen LogP contribution < -0.4 is 9.64 Å². The lowest BCUT2D eigenvalue weighted by Gasteiger charge is -2.26. The number of amides is 1. The number of hydrogen-bond acceptors (Lipinski definition) is 3.